The fraction of sp³-hybridized carbons (Fsp3) is 0.640. The first-order valence-electron chi connectivity index (χ1n) is 12.5. The van der Waals surface area contributed by atoms with Gasteiger partial charge in [0.1, 0.15) is 12.4 Å². The number of aliphatic hydroxyl groups is 1. The summed E-state index contributed by atoms with van der Waals surface area (Å²) in [5.41, 5.74) is -1.23. The summed E-state index contributed by atoms with van der Waals surface area (Å²) in [5, 5.41) is 17.2. The van der Waals surface area contributed by atoms with Crippen molar-refractivity contribution in [3.8, 4) is 5.75 Å². The van der Waals surface area contributed by atoms with Crippen molar-refractivity contribution in [2.24, 2.45) is 0 Å². The molecule has 0 radical (unpaired) electrons. The molecule has 2 atom stereocenters. The van der Waals surface area contributed by atoms with Crippen LogP contribution in [0.25, 0.3) is 0 Å². The summed E-state index contributed by atoms with van der Waals surface area (Å²) in [6.07, 6.45) is -6.05. The SMILES string of the molecule is O=C(CO[C@H]1C[C@@H](OC(F)(F)F)C1)NC12CCC(NC(=O)[C@H]3CC(=O)c4cc(Cl)ccc4O3)(CC1)C[C@@H]2O. The number of benzene rings is 1. The molecule has 4 aliphatic carbocycles. The van der Waals surface area contributed by atoms with E-state index in [0.717, 1.165) is 0 Å². The van der Waals surface area contributed by atoms with E-state index in [1.165, 1.54) is 6.07 Å². The highest BCUT2D eigenvalue weighted by Crippen LogP contribution is 2.47. The maximum atomic E-state index is 13.1. The van der Waals surface area contributed by atoms with Crippen LogP contribution < -0.4 is 15.4 Å². The van der Waals surface area contributed by atoms with Crippen molar-refractivity contribution < 1.29 is 46.9 Å². The molecule has 1 aromatic rings. The number of fused-ring (bicyclic) bond motifs is 4. The van der Waals surface area contributed by atoms with Crippen LogP contribution in [0.5, 0.6) is 5.75 Å². The second-order valence-corrected chi connectivity index (χ2v) is 11.1. The number of carbonyl (C=O) groups is 3. The molecule has 0 unspecified atom stereocenters. The van der Waals surface area contributed by atoms with E-state index in [4.69, 9.17) is 21.1 Å². The number of hydrogen-bond donors (Lipinski definition) is 3. The van der Waals surface area contributed by atoms with E-state index in [9.17, 15) is 32.7 Å². The Bertz CT molecular complexity index is 1120. The van der Waals surface area contributed by atoms with Crippen LogP contribution in [0.3, 0.4) is 0 Å². The largest absolute Gasteiger partial charge is 0.522 e. The van der Waals surface area contributed by atoms with Gasteiger partial charge >= 0.3 is 6.36 Å². The summed E-state index contributed by atoms with van der Waals surface area (Å²) in [6, 6.07) is 4.64. The average Bonchev–Trinajstić information content (AvgIpc) is 2.81. The van der Waals surface area contributed by atoms with Gasteiger partial charge in [0.15, 0.2) is 11.9 Å². The molecule has 0 saturated heterocycles. The van der Waals surface area contributed by atoms with Crippen LogP contribution in [-0.2, 0) is 19.1 Å². The number of carbonyl (C=O) groups excluding carboxylic acids is 3. The third-order valence-corrected chi connectivity index (χ3v) is 8.31. The van der Waals surface area contributed by atoms with Crippen molar-refractivity contribution in [2.75, 3.05) is 6.61 Å². The molecule has 1 heterocycles. The van der Waals surface area contributed by atoms with Gasteiger partial charge in [-0.25, -0.2) is 0 Å². The van der Waals surface area contributed by atoms with Crippen molar-refractivity contribution in [1.82, 2.24) is 10.6 Å². The number of amides is 2. The molecular formula is C25H28ClF3N2O7. The molecule has 4 saturated carbocycles. The molecule has 4 fully saturated rings. The Labute approximate surface area is 221 Å². The maximum absolute atomic E-state index is 13.1. The zero-order valence-corrected chi connectivity index (χ0v) is 21.1. The van der Waals surface area contributed by atoms with Gasteiger partial charge in [-0.2, -0.15) is 0 Å². The van der Waals surface area contributed by atoms with Gasteiger partial charge in [0.25, 0.3) is 5.91 Å². The Morgan fingerprint density at radius 3 is 2.50 bits per heavy atom. The van der Waals surface area contributed by atoms with Crippen LogP contribution >= 0.6 is 11.6 Å². The van der Waals surface area contributed by atoms with E-state index in [1.54, 1.807) is 12.1 Å². The minimum absolute atomic E-state index is 0.0540. The average molecular weight is 561 g/mol. The van der Waals surface area contributed by atoms with Gasteiger partial charge in [0, 0.05) is 23.4 Å². The third kappa shape index (κ3) is 5.63. The number of ether oxygens (including phenoxy) is 3. The van der Waals surface area contributed by atoms with E-state index >= 15 is 0 Å². The summed E-state index contributed by atoms with van der Waals surface area (Å²) < 4.78 is 51.8. The first-order valence-corrected chi connectivity index (χ1v) is 12.9. The Morgan fingerprint density at radius 2 is 1.84 bits per heavy atom. The molecule has 0 aromatic heterocycles. The highest BCUT2D eigenvalue weighted by atomic mass is 35.5. The minimum Gasteiger partial charge on any atom is -0.479 e. The summed E-state index contributed by atoms with van der Waals surface area (Å²) in [7, 11) is 0. The first kappa shape index (κ1) is 27.2. The number of halogens is 4. The third-order valence-electron chi connectivity index (χ3n) is 8.07. The second-order valence-electron chi connectivity index (χ2n) is 10.7. The number of ketones is 1. The van der Waals surface area contributed by atoms with E-state index in [-0.39, 0.29) is 38.1 Å². The van der Waals surface area contributed by atoms with E-state index in [1.807, 2.05) is 0 Å². The van der Waals surface area contributed by atoms with Gasteiger partial charge in [-0.3, -0.25) is 19.1 Å². The minimum atomic E-state index is -4.69. The molecule has 2 bridgehead atoms. The number of alkyl halides is 3. The Balaban J connectivity index is 1.11. The summed E-state index contributed by atoms with van der Waals surface area (Å²) >= 11 is 5.95. The monoisotopic (exact) mass is 560 g/mol. The van der Waals surface area contributed by atoms with Crippen molar-refractivity contribution in [3.63, 3.8) is 0 Å². The Hall–Kier alpha value is -2.41. The van der Waals surface area contributed by atoms with Crippen molar-refractivity contribution in [1.29, 1.82) is 0 Å². The van der Waals surface area contributed by atoms with Crippen LogP contribution in [-0.4, -0.2) is 71.2 Å². The van der Waals surface area contributed by atoms with Gasteiger partial charge in [-0.15, -0.1) is 13.2 Å². The highest BCUT2D eigenvalue weighted by Gasteiger charge is 2.56. The molecule has 3 N–H and O–H groups in total. The smallest absolute Gasteiger partial charge is 0.479 e. The van der Waals surface area contributed by atoms with Crippen LogP contribution in [0.1, 0.15) is 61.7 Å². The molecule has 0 spiro atoms. The molecule has 13 heteroatoms. The van der Waals surface area contributed by atoms with Crippen LogP contribution in [0, 0.1) is 0 Å². The highest BCUT2D eigenvalue weighted by molar-refractivity contribution is 6.31. The molecule has 208 valence electrons. The lowest BCUT2D eigenvalue weighted by Crippen LogP contribution is -2.71. The predicted octanol–water partition coefficient (Wildman–Crippen LogP) is 2.81. The fourth-order valence-electron chi connectivity index (χ4n) is 5.89. The zero-order valence-electron chi connectivity index (χ0n) is 20.3. The molecule has 1 aromatic carbocycles. The normalized spacial score (nSPS) is 34.1. The van der Waals surface area contributed by atoms with Crippen molar-refractivity contribution in [3.05, 3.63) is 28.8 Å². The lowest BCUT2D eigenvalue weighted by atomic mass is 9.59. The summed E-state index contributed by atoms with van der Waals surface area (Å²) in [4.78, 5) is 38.1. The lowest BCUT2D eigenvalue weighted by Gasteiger charge is -2.56. The van der Waals surface area contributed by atoms with Gasteiger partial charge in [0.05, 0.1) is 35.8 Å². The van der Waals surface area contributed by atoms with Crippen molar-refractivity contribution >= 4 is 29.2 Å². The first-order chi connectivity index (χ1) is 17.9. The van der Waals surface area contributed by atoms with Crippen LogP contribution in [0.2, 0.25) is 5.02 Å². The Morgan fingerprint density at radius 1 is 1.13 bits per heavy atom. The van der Waals surface area contributed by atoms with Gasteiger partial charge in [-0.1, -0.05) is 11.6 Å². The number of hydrogen-bond acceptors (Lipinski definition) is 7. The molecule has 6 rings (SSSR count). The maximum Gasteiger partial charge on any atom is 0.522 e. The molecule has 9 nitrogen and oxygen atoms in total. The zero-order chi connectivity index (χ0) is 27.3. The summed E-state index contributed by atoms with van der Waals surface area (Å²) in [5.74, 6) is -0.848. The van der Waals surface area contributed by atoms with E-state index in [2.05, 4.69) is 15.4 Å². The summed E-state index contributed by atoms with van der Waals surface area (Å²) in [6.45, 7) is -0.334. The topological polar surface area (TPSA) is 123 Å². The predicted molar refractivity (Wildman–Crippen MR) is 126 cm³/mol. The second kappa shape index (κ2) is 9.96. The lowest BCUT2D eigenvalue weighted by molar-refractivity contribution is -0.357. The van der Waals surface area contributed by atoms with E-state index < -0.39 is 53.7 Å². The van der Waals surface area contributed by atoms with Crippen LogP contribution in [0.15, 0.2) is 18.2 Å². The van der Waals surface area contributed by atoms with Gasteiger partial charge in [0.2, 0.25) is 5.91 Å². The van der Waals surface area contributed by atoms with E-state index in [0.29, 0.717) is 42.0 Å². The standard InChI is InChI=1S/C25H28ClF3N2O7/c26-13-1-2-18-16(7-13)17(32)10-19(37-18)22(35)31-23-3-5-24(6-4-23,20(33)11-23)30-21(34)12-36-14-8-15(9-14)38-25(27,28)29/h1-2,7,14-15,19-20,33H,3-6,8-12H2,(H,30,34)(H,31,35)/t14-,15+,19-,20+,23?,24?/m1/s1. The molecule has 1 aliphatic heterocycles. The fourth-order valence-corrected chi connectivity index (χ4v) is 6.06. The molecule has 5 aliphatic rings. The molecule has 38 heavy (non-hydrogen) atoms. The molecular weight excluding hydrogens is 533 g/mol. The number of aliphatic hydroxyl groups excluding tert-OH is 1. The number of nitrogens with one attached hydrogen (secondary N) is 2. The van der Waals surface area contributed by atoms with Gasteiger partial charge < -0.3 is 25.2 Å². The van der Waals surface area contributed by atoms with Crippen LogP contribution in [0.4, 0.5) is 13.2 Å². The van der Waals surface area contributed by atoms with Crippen molar-refractivity contribution in [2.45, 2.75) is 93.2 Å². The Kier molecular flexibility index (Phi) is 7.12. The number of rotatable bonds is 7. The van der Waals surface area contributed by atoms with Gasteiger partial charge in [-0.05, 0) is 50.3 Å². The number of Topliss-reactive ketones (excluding diaryl/α,β-unsaturated/α-hetero) is 1. The molecule has 2 amide bonds. The quantitative estimate of drug-likeness (QED) is 0.468.